The number of benzene rings is 2. The Bertz CT molecular complexity index is 1190. The SMILES string of the molecule is O=C1Nc2cc(Br)ccc2/C1=C1/Nc2ccc([N+](=O)[O-])cc2/C1=N\NCCN1CCCC1. The molecule has 32 heavy (non-hydrogen) atoms. The molecule has 3 heterocycles. The van der Waals surface area contributed by atoms with E-state index in [4.69, 9.17) is 0 Å². The van der Waals surface area contributed by atoms with Crippen LogP contribution < -0.4 is 16.1 Å². The molecule has 0 atom stereocenters. The summed E-state index contributed by atoms with van der Waals surface area (Å²) >= 11 is 3.43. The minimum atomic E-state index is -0.432. The van der Waals surface area contributed by atoms with Crippen molar-refractivity contribution in [3.63, 3.8) is 0 Å². The van der Waals surface area contributed by atoms with Crippen molar-refractivity contribution in [2.24, 2.45) is 5.10 Å². The van der Waals surface area contributed by atoms with Gasteiger partial charge in [-0.1, -0.05) is 22.0 Å². The molecular formula is C22H21BrN6O3. The highest BCUT2D eigenvalue weighted by molar-refractivity contribution is 9.10. The molecule has 2 aromatic carbocycles. The van der Waals surface area contributed by atoms with Crippen molar-refractivity contribution in [2.45, 2.75) is 12.8 Å². The summed E-state index contributed by atoms with van der Waals surface area (Å²) in [6.45, 7) is 3.70. The van der Waals surface area contributed by atoms with E-state index < -0.39 is 4.92 Å². The molecule has 1 fully saturated rings. The molecule has 164 valence electrons. The highest BCUT2D eigenvalue weighted by atomic mass is 79.9. The number of rotatable bonds is 5. The molecule has 0 radical (unpaired) electrons. The Kier molecular flexibility index (Phi) is 5.40. The van der Waals surface area contributed by atoms with E-state index in [9.17, 15) is 14.9 Å². The fraction of sp³-hybridized carbons (Fsp3) is 0.273. The Balaban J connectivity index is 1.54. The summed E-state index contributed by atoms with van der Waals surface area (Å²) in [5.41, 5.74) is 7.30. The first-order chi connectivity index (χ1) is 15.5. The number of nitro benzene ring substituents is 1. The molecule has 3 aliphatic rings. The third-order valence-electron chi connectivity index (χ3n) is 5.87. The largest absolute Gasteiger partial charge is 0.352 e. The second kappa shape index (κ2) is 8.36. The Morgan fingerprint density at radius 1 is 1.09 bits per heavy atom. The van der Waals surface area contributed by atoms with E-state index in [1.807, 2.05) is 18.2 Å². The van der Waals surface area contributed by atoms with E-state index in [0.29, 0.717) is 40.5 Å². The van der Waals surface area contributed by atoms with Crippen LogP contribution in [0.2, 0.25) is 0 Å². The lowest BCUT2D eigenvalue weighted by atomic mass is 10.0. The number of hydrogen-bond donors (Lipinski definition) is 3. The summed E-state index contributed by atoms with van der Waals surface area (Å²) in [7, 11) is 0. The van der Waals surface area contributed by atoms with Gasteiger partial charge >= 0.3 is 0 Å². The van der Waals surface area contributed by atoms with Crippen molar-refractivity contribution in [1.29, 1.82) is 0 Å². The summed E-state index contributed by atoms with van der Waals surface area (Å²) in [5, 5.41) is 22.1. The van der Waals surface area contributed by atoms with Gasteiger partial charge < -0.3 is 21.0 Å². The van der Waals surface area contributed by atoms with Crippen molar-refractivity contribution < 1.29 is 9.72 Å². The van der Waals surface area contributed by atoms with Crippen molar-refractivity contribution in [3.8, 4) is 0 Å². The van der Waals surface area contributed by atoms with Crippen molar-refractivity contribution in [3.05, 3.63) is 67.8 Å². The van der Waals surface area contributed by atoms with Crippen LogP contribution in [0.15, 0.2) is 51.7 Å². The molecule has 0 aromatic heterocycles. The van der Waals surface area contributed by atoms with Gasteiger partial charge in [0.2, 0.25) is 0 Å². The normalized spacial score (nSPS) is 20.8. The van der Waals surface area contributed by atoms with Crippen LogP contribution in [0.1, 0.15) is 24.0 Å². The number of amides is 1. The maximum Gasteiger partial charge on any atom is 0.270 e. The molecule has 0 unspecified atom stereocenters. The van der Waals surface area contributed by atoms with Gasteiger partial charge in [-0.15, -0.1) is 0 Å². The molecule has 1 saturated heterocycles. The zero-order chi connectivity index (χ0) is 22.2. The number of nitrogens with zero attached hydrogens (tertiary/aromatic N) is 3. The average Bonchev–Trinajstić information content (AvgIpc) is 3.47. The van der Waals surface area contributed by atoms with Gasteiger partial charge in [-0.25, -0.2) is 0 Å². The highest BCUT2D eigenvalue weighted by Gasteiger charge is 2.35. The maximum atomic E-state index is 12.9. The number of carbonyl (C=O) groups excluding carboxylic acids is 1. The van der Waals surface area contributed by atoms with Gasteiger partial charge in [-0.2, -0.15) is 5.10 Å². The van der Waals surface area contributed by atoms with Gasteiger partial charge in [-0.05, 0) is 44.1 Å². The third kappa shape index (κ3) is 3.76. The number of hydrazone groups is 1. The molecule has 0 saturated carbocycles. The van der Waals surface area contributed by atoms with Crippen molar-refractivity contribution in [1.82, 2.24) is 10.3 Å². The first kappa shape index (κ1) is 20.7. The fourth-order valence-electron chi connectivity index (χ4n) is 4.32. The summed E-state index contributed by atoms with van der Waals surface area (Å²) < 4.78 is 0.860. The van der Waals surface area contributed by atoms with Crippen LogP contribution in [0.5, 0.6) is 0 Å². The predicted molar refractivity (Wildman–Crippen MR) is 127 cm³/mol. The zero-order valence-corrected chi connectivity index (χ0v) is 18.7. The topological polar surface area (TPSA) is 112 Å². The quantitative estimate of drug-likeness (QED) is 0.252. The molecule has 3 N–H and O–H groups in total. The van der Waals surface area contributed by atoms with Crippen LogP contribution in [-0.4, -0.2) is 47.6 Å². The summed E-state index contributed by atoms with van der Waals surface area (Å²) in [6.07, 6.45) is 2.44. The number of halogens is 1. The fourth-order valence-corrected chi connectivity index (χ4v) is 4.68. The molecule has 1 amide bonds. The van der Waals surface area contributed by atoms with Crippen molar-refractivity contribution >= 4 is 50.2 Å². The van der Waals surface area contributed by atoms with Crippen LogP contribution in [0, 0.1) is 10.1 Å². The minimum Gasteiger partial charge on any atom is -0.352 e. The van der Waals surface area contributed by atoms with E-state index >= 15 is 0 Å². The number of non-ortho nitro benzene ring substituents is 1. The Hall–Kier alpha value is -3.24. The predicted octanol–water partition coefficient (Wildman–Crippen LogP) is 3.54. The summed E-state index contributed by atoms with van der Waals surface area (Å²) in [4.78, 5) is 26.2. The van der Waals surface area contributed by atoms with E-state index in [1.54, 1.807) is 6.07 Å². The molecule has 0 aliphatic carbocycles. The van der Waals surface area contributed by atoms with E-state index in [-0.39, 0.29) is 11.6 Å². The Labute approximate surface area is 192 Å². The number of nitrogens with one attached hydrogen (secondary N) is 3. The molecule has 9 nitrogen and oxygen atoms in total. The number of fused-ring (bicyclic) bond motifs is 2. The van der Waals surface area contributed by atoms with Crippen LogP contribution in [0.25, 0.3) is 5.57 Å². The second-order valence-electron chi connectivity index (χ2n) is 7.92. The number of nitro groups is 1. The van der Waals surface area contributed by atoms with Gasteiger partial charge in [0.1, 0.15) is 5.71 Å². The zero-order valence-electron chi connectivity index (χ0n) is 17.2. The number of carbonyl (C=O) groups is 1. The number of anilines is 2. The lowest BCUT2D eigenvalue weighted by Crippen LogP contribution is -2.28. The molecule has 0 bridgehead atoms. The Morgan fingerprint density at radius 2 is 1.91 bits per heavy atom. The Morgan fingerprint density at radius 3 is 2.69 bits per heavy atom. The average molecular weight is 497 g/mol. The first-order valence-corrected chi connectivity index (χ1v) is 11.3. The van der Waals surface area contributed by atoms with Crippen molar-refractivity contribution in [2.75, 3.05) is 36.8 Å². The van der Waals surface area contributed by atoms with E-state index in [1.165, 1.54) is 25.0 Å². The van der Waals surface area contributed by atoms with Gasteiger partial charge in [0.15, 0.2) is 0 Å². The lowest BCUT2D eigenvalue weighted by molar-refractivity contribution is -0.384. The molecule has 2 aromatic rings. The minimum absolute atomic E-state index is 0.0261. The lowest BCUT2D eigenvalue weighted by Gasteiger charge is -2.14. The van der Waals surface area contributed by atoms with Gasteiger partial charge in [0.05, 0.1) is 21.9 Å². The summed E-state index contributed by atoms with van der Waals surface area (Å²) in [6, 6.07) is 10.2. The molecular weight excluding hydrogens is 476 g/mol. The number of allylic oxidation sites excluding steroid dienone is 1. The smallest absolute Gasteiger partial charge is 0.270 e. The monoisotopic (exact) mass is 496 g/mol. The van der Waals surface area contributed by atoms with Gasteiger partial charge in [0.25, 0.3) is 11.6 Å². The molecule has 3 aliphatic heterocycles. The standard InChI is InChI=1S/C22H21BrN6O3/c23-13-3-5-15-18(11-13)26-22(30)19(15)21-20(27-24-7-10-28-8-1-2-9-28)16-12-14(29(31)32)4-6-17(16)25-21/h3-6,11-12,24-25H,1-2,7-10H2,(H,26,30)/b21-19-,27-20+. The van der Waals surface area contributed by atoms with E-state index in [0.717, 1.165) is 29.7 Å². The molecule has 10 heteroatoms. The van der Waals surface area contributed by atoms with E-state index in [2.05, 4.69) is 42.0 Å². The highest BCUT2D eigenvalue weighted by Crippen LogP contribution is 2.40. The molecule has 5 rings (SSSR count). The number of hydrogen-bond acceptors (Lipinski definition) is 7. The third-order valence-corrected chi connectivity index (χ3v) is 6.36. The number of likely N-dealkylation sites (tertiary alicyclic amines) is 1. The second-order valence-corrected chi connectivity index (χ2v) is 8.84. The maximum absolute atomic E-state index is 12.9. The van der Waals surface area contributed by atoms with Crippen LogP contribution in [0.3, 0.4) is 0 Å². The van der Waals surface area contributed by atoms with Crippen LogP contribution >= 0.6 is 15.9 Å². The summed E-state index contributed by atoms with van der Waals surface area (Å²) in [5.74, 6) is -0.243. The van der Waals surface area contributed by atoms with Crippen LogP contribution in [0.4, 0.5) is 17.1 Å². The van der Waals surface area contributed by atoms with Gasteiger partial charge in [-0.3, -0.25) is 14.9 Å². The molecule has 0 spiro atoms. The van der Waals surface area contributed by atoms with Gasteiger partial charge in [0, 0.05) is 46.5 Å². The first-order valence-electron chi connectivity index (χ1n) is 10.5. The van der Waals surface area contributed by atoms with Crippen LogP contribution in [-0.2, 0) is 4.79 Å².